The molecule has 3 atom stereocenters. The van der Waals surface area contributed by atoms with E-state index in [9.17, 15) is 4.57 Å². The lowest BCUT2D eigenvalue weighted by Gasteiger charge is -2.40. The van der Waals surface area contributed by atoms with Crippen molar-refractivity contribution in [3.63, 3.8) is 0 Å². The summed E-state index contributed by atoms with van der Waals surface area (Å²) < 4.78 is 26.1. The molecule has 1 aliphatic heterocycles. The van der Waals surface area contributed by atoms with Gasteiger partial charge >= 0.3 is 0 Å². The summed E-state index contributed by atoms with van der Waals surface area (Å²) in [5.41, 5.74) is -0.381. The van der Waals surface area contributed by atoms with E-state index in [4.69, 9.17) is 9.26 Å². The van der Waals surface area contributed by atoms with Crippen molar-refractivity contribution in [3.05, 3.63) is 0 Å². The molecule has 0 aliphatic carbocycles. The van der Waals surface area contributed by atoms with Gasteiger partial charge in [-0.1, -0.05) is 6.92 Å². The lowest BCUT2D eigenvalue weighted by Crippen LogP contribution is -2.45. The van der Waals surface area contributed by atoms with Gasteiger partial charge < -0.3 is 9.26 Å². The molecule has 1 saturated heterocycles. The van der Waals surface area contributed by atoms with Gasteiger partial charge in [-0.05, 0) is 34.1 Å². The van der Waals surface area contributed by atoms with E-state index in [1.807, 2.05) is 32.4 Å². The van der Waals surface area contributed by atoms with Crippen LogP contribution in [-0.4, -0.2) is 42.2 Å². The summed E-state index contributed by atoms with van der Waals surface area (Å²) in [5, 5.41) is 0. The highest BCUT2D eigenvalue weighted by Gasteiger charge is 2.36. The molecule has 0 aromatic heterocycles. The Morgan fingerprint density at radius 1 is 1.41 bits per heavy atom. The van der Waals surface area contributed by atoms with Crippen LogP contribution in [0.3, 0.4) is 0 Å². The minimum Gasteiger partial charge on any atom is -0.373 e. The Bertz CT molecular complexity index is 301. The topological polar surface area (TPSA) is 38.8 Å². The summed E-state index contributed by atoms with van der Waals surface area (Å²) in [5.74, 6) is 0. The van der Waals surface area contributed by atoms with E-state index < -0.39 is 7.52 Å². The van der Waals surface area contributed by atoms with Crippen LogP contribution in [0.2, 0.25) is 0 Å². The molecule has 0 bridgehead atoms. The Balaban J connectivity index is 2.73. The van der Waals surface area contributed by atoms with Gasteiger partial charge in [-0.15, -0.1) is 0 Å². The van der Waals surface area contributed by atoms with Gasteiger partial charge in [0.1, 0.15) is 0 Å². The van der Waals surface area contributed by atoms with Crippen molar-refractivity contribution in [2.45, 2.75) is 58.8 Å². The number of nitrogens with zero attached hydrogens (tertiary/aromatic N) is 1. The molecule has 3 unspecified atom stereocenters. The third-order valence-corrected chi connectivity index (χ3v) is 4.96. The number of rotatable bonds is 3. The Morgan fingerprint density at radius 2 is 2.00 bits per heavy atom. The molecule has 1 heterocycles. The molecular formula is C12H26NO3P. The molecule has 0 N–H and O–H groups in total. The first-order chi connectivity index (χ1) is 7.64. The van der Waals surface area contributed by atoms with Crippen LogP contribution in [0.1, 0.15) is 41.0 Å². The third kappa shape index (κ3) is 4.70. The molecule has 17 heavy (non-hydrogen) atoms. The summed E-state index contributed by atoms with van der Waals surface area (Å²) in [6.45, 7) is 13.0. The molecule has 1 fully saturated rings. The average Bonchev–Trinajstić information content (AvgIpc) is 2.13. The van der Waals surface area contributed by atoms with E-state index in [2.05, 4.69) is 6.92 Å². The molecule has 1 rings (SSSR count). The van der Waals surface area contributed by atoms with Gasteiger partial charge in [0.15, 0.2) is 0 Å². The van der Waals surface area contributed by atoms with Gasteiger partial charge in [0.25, 0.3) is 7.52 Å². The van der Waals surface area contributed by atoms with E-state index >= 15 is 0 Å². The molecule has 0 spiro atoms. The fourth-order valence-corrected chi connectivity index (χ4v) is 4.25. The van der Waals surface area contributed by atoms with Crippen molar-refractivity contribution in [1.29, 1.82) is 0 Å². The molecule has 0 aromatic carbocycles. The highest BCUT2D eigenvalue weighted by Crippen LogP contribution is 2.51. The van der Waals surface area contributed by atoms with Crippen molar-refractivity contribution in [2.24, 2.45) is 0 Å². The average molecular weight is 263 g/mol. The van der Waals surface area contributed by atoms with Gasteiger partial charge in [-0.3, -0.25) is 4.57 Å². The van der Waals surface area contributed by atoms with E-state index in [-0.39, 0.29) is 17.8 Å². The summed E-state index contributed by atoms with van der Waals surface area (Å²) in [7, 11) is -2.72. The lowest BCUT2D eigenvalue weighted by molar-refractivity contribution is -0.0605. The van der Waals surface area contributed by atoms with Gasteiger partial charge in [-0.25, -0.2) is 4.67 Å². The van der Waals surface area contributed by atoms with Crippen molar-refractivity contribution in [3.8, 4) is 0 Å². The SMILES string of the molecule is CCC1CN(P(C)(=O)OC(C)(C)C)CC(C)O1. The fourth-order valence-electron chi connectivity index (χ4n) is 2.11. The zero-order valence-electron chi connectivity index (χ0n) is 11.9. The zero-order chi connectivity index (χ0) is 13.3. The molecule has 1 aliphatic rings. The minimum atomic E-state index is -2.72. The highest BCUT2D eigenvalue weighted by molar-refractivity contribution is 7.55. The first kappa shape index (κ1) is 15.2. The second-order valence-electron chi connectivity index (χ2n) is 5.86. The van der Waals surface area contributed by atoms with Crippen LogP contribution in [-0.2, 0) is 13.8 Å². The highest BCUT2D eigenvalue weighted by atomic mass is 31.2. The lowest BCUT2D eigenvalue weighted by atomic mass is 10.2. The summed E-state index contributed by atoms with van der Waals surface area (Å²) >= 11 is 0. The van der Waals surface area contributed by atoms with Crippen LogP contribution in [0.15, 0.2) is 0 Å². The normalized spacial score (nSPS) is 31.2. The molecule has 4 nitrogen and oxygen atoms in total. The monoisotopic (exact) mass is 263 g/mol. The molecule has 0 radical (unpaired) electrons. The Kier molecular flexibility index (Phi) is 4.81. The summed E-state index contributed by atoms with van der Waals surface area (Å²) in [6, 6.07) is 0. The van der Waals surface area contributed by atoms with Crippen molar-refractivity contribution in [1.82, 2.24) is 4.67 Å². The molecule has 102 valence electrons. The maximum atomic E-state index is 12.6. The van der Waals surface area contributed by atoms with Crippen LogP contribution in [0.5, 0.6) is 0 Å². The van der Waals surface area contributed by atoms with Crippen LogP contribution in [0.4, 0.5) is 0 Å². The predicted octanol–water partition coefficient (Wildman–Crippen LogP) is 3.12. The van der Waals surface area contributed by atoms with Crippen LogP contribution >= 0.6 is 7.52 Å². The zero-order valence-corrected chi connectivity index (χ0v) is 12.8. The molecule has 0 saturated carbocycles. The van der Waals surface area contributed by atoms with Crippen molar-refractivity contribution >= 4 is 7.52 Å². The molecule has 5 heteroatoms. The van der Waals surface area contributed by atoms with E-state index in [1.54, 1.807) is 6.66 Å². The summed E-state index contributed by atoms with van der Waals surface area (Å²) in [4.78, 5) is 0. The second kappa shape index (κ2) is 5.40. The van der Waals surface area contributed by atoms with Gasteiger partial charge in [0.05, 0.1) is 17.8 Å². The fraction of sp³-hybridized carbons (Fsp3) is 1.00. The number of hydrogen-bond acceptors (Lipinski definition) is 3. The van der Waals surface area contributed by atoms with Crippen LogP contribution in [0.25, 0.3) is 0 Å². The maximum absolute atomic E-state index is 12.6. The first-order valence-electron chi connectivity index (χ1n) is 6.33. The standard InChI is InChI=1S/C12H26NO3P/c1-7-11-9-13(8-10(2)15-11)17(6,14)16-12(3,4)5/h10-11H,7-9H2,1-6H3. The van der Waals surface area contributed by atoms with Gasteiger partial charge in [0.2, 0.25) is 0 Å². The summed E-state index contributed by atoms with van der Waals surface area (Å²) in [6.07, 6.45) is 1.22. The quantitative estimate of drug-likeness (QED) is 0.733. The number of morpholine rings is 1. The Morgan fingerprint density at radius 3 is 2.47 bits per heavy atom. The smallest absolute Gasteiger partial charge is 0.270 e. The Hall–Kier alpha value is 0.110. The van der Waals surface area contributed by atoms with E-state index in [0.29, 0.717) is 13.1 Å². The second-order valence-corrected chi connectivity index (χ2v) is 8.21. The van der Waals surface area contributed by atoms with Crippen LogP contribution in [0, 0.1) is 0 Å². The third-order valence-electron chi connectivity index (χ3n) is 2.72. The molecular weight excluding hydrogens is 237 g/mol. The van der Waals surface area contributed by atoms with Crippen molar-refractivity contribution in [2.75, 3.05) is 19.8 Å². The van der Waals surface area contributed by atoms with E-state index in [0.717, 1.165) is 6.42 Å². The Labute approximate surface area is 105 Å². The minimum absolute atomic E-state index is 0.116. The molecule has 0 aromatic rings. The van der Waals surface area contributed by atoms with Gasteiger partial charge in [-0.2, -0.15) is 0 Å². The number of ether oxygens (including phenoxy) is 1. The van der Waals surface area contributed by atoms with Gasteiger partial charge in [0, 0.05) is 19.8 Å². The van der Waals surface area contributed by atoms with E-state index in [1.165, 1.54) is 0 Å². The van der Waals surface area contributed by atoms with Crippen LogP contribution < -0.4 is 0 Å². The van der Waals surface area contributed by atoms with Crippen molar-refractivity contribution < 1.29 is 13.8 Å². The predicted molar refractivity (Wildman–Crippen MR) is 70.6 cm³/mol. The first-order valence-corrected chi connectivity index (χ1v) is 8.35. The molecule has 0 amide bonds. The maximum Gasteiger partial charge on any atom is 0.270 e. The number of hydrogen-bond donors (Lipinski definition) is 0. The largest absolute Gasteiger partial charge is 0.373 e.